The lowest BCUT2D eigenvalue weighted by atomic mass is 9.77. The van der Waals surface area contributed by atoms with Crippen LogP contribution < -0.4 is 9.47 Å². The van der Waals surface area contributed by atoms with Gasteiger partial charge in [-0.05, 0) is 78.7 Å². The minimum Gasteiger partial charge on any atom is -0.493 e. The zero-order chi connectivity index (χ0) is 27.4. The maximum absolute atomic E-state index is 12.8. The van der Waals surface area contributed by atoms with E-state index in [1.165, 1.54) is 5.56 Å². The Balaban J connectivity index is 1.59. The van der Waals surface area contributed by atoms with Gasteiger partial charge in [-0.25, -0.2) is 4.79 Å². The molecule has 1 N–H and O–H groups in total. The summed E-state index contributed by atoms with van der Waals surface area (Å²) in [5, 5.41) is 11.1. The minimum absolute atomic E-state index is 0.192. The minimum atomic E-state index is -1.14. The molecule has 2 atom stereocenters. The molecular weight excluding hydrogens is 474 g/mol. The highest BCUT2D eigenvalue weighted by molar-refractivity contribution is 5.68. The number of likely N-dealkylation sites (N-methyl/N-ethyl adjacent to an activating group) is 2. The number of likely N-dealkylation sites (tertiary alicyclic amines) is 1. The van der Waals surface area contributed by atoms with Crippen LogP contribution in [0.5, 0.6) is 11.5 Å². The van der Waals surface area contributed by atoms with Crippen molar-refractivity contribution in [1.82, 2.24) is 14.7 Å². The van der Waals surface area contributed by atoms with Gasteiger partial charge in [0.2, 0.25) is 0 Å². The summed E-state index contributed by atoms with van der Waals surface area (Å²) in [4.78, 5) is 18.8. The highest BCUT2D eigenvalue weighted by atomic mass is 16.6. The SMILES string of the molecule is COc1cc(CN2CCC3(CC2)C[C@H](N(C)C(=O)OC(C)(C)C)[C@@](C)(O)CO3)ccc1OCCN(C)C. The van der Waals surface area contributed by atoms with Gasteiger partial charge < -0.3 is 33.9 Å². The van der Waals surface area contributed by atoms with Gasteiger partial charge in [0.25, 0.3) is 0 Å². The Bertz CT molecular complexity index is 906. The Morgan fingerprint density at radius 1 is 1.19 bits per heavy atom. The quantitative estimate of drug-likeness (QED) is 0.558. The highest BCUT2D eigenvalue weighted by Crippen LogP contribution is 2.41. The zero-order valence-electron chi connectivity index (χ0n) is 24.0. The lowest BCUT2D eigenvalue weighted by Gasteiger charge is -2.52. The Morgan fingerprint density at radius 3 is 2.46 bits per heavy atom. The van der Waals surface area contributed by atoms with Crippen molar-refractivity contribution in [3.8, 4) is 11.5 Å². The van der Waals surface area contributed by atoms with Crippen molar-refractivity contribution in [2.24, 2.45) is 0 Å². The van der Waals surface area contributed by atoms with E-state index >= 15 is 0 Å². The number of benzene rings is 1. The van der Waals surface area contributed by atoms with Crippen LogP contribution in [-0.4, -0.2) is 110 Å². The van der Waals surface area contributed by atoms with Gasteiger partial charge in [-0.1, -0.05) is 6.07 Å². The molecule has 37 heavy (non-hydrogen) atoms. The van der Waals surface area contributed by atoms with Gasteiger partial charge in [-0.2, -0.15) is 0 Å². The third kappa shape index (κ3) is 7.96. The summed E-state index contributed by atoms with van der Waals surface area (Å²) in [6.07, 6.45) is 1.83. The second-order valence-electron chi connectivity index (χ2n) is 12.1. The van der Waals surface area contributed by atoms with Crippen LogP contribution in [0.25, 0.3) is 0 Å². The molecule has 2 aliphatic rings. The summed E-state index contributed by atoms with van der Waals surface area (Å²) in [5.41, 5.74) is -0.921. The van der Waals surface area contributed by atoms with Crippen LogP contribution in [0.4, 0.5) is 4.79 Å². The number of nitrogens with zero attached hydrogens (tertiary/aromatic N) is 3. The average Bonchev–Trinajstić information content (AvgIpc) is 2.81. The molecule has 2 heterocycles. The lowest BCUT2D eigenvalue weighted by Crippen LogP contribution is -2.64. The first-order valence-corrected chi connectivity index (χ1v) is 13.2. The highest BCUT2D eigenvalue weighted by Gasteiger charge is 2.51. The van der Waals surface area contributed by atoms with E-state index in [0.29, 0.717) is 13.0 Å². The van der Waals surface area contributed by atoms with Crippen molar-refractivity contribution in [1.29, 1.82) is 0 Å². The topological polar surface area (TPSA) is 83.9 Å². The van der Waals surface area contributed by atoms with Gasteiger partial charge in [0.05, 0.1) is 25.4 Å². The number of carbonyl (C=O) groups excluding carboxylic acids is 1. The molecule has 1 spiro atoms. The van der Waals surface area contributed by atoms with Crippen LogP contribution in [0.3, 0.4) is 0 Å². The Labute approximate surface area is 222 Å². The lowest BCUT2D eigenvalue weighted by molar-refractivity contribution is -0.206. The molecule has 0 saturated carbocycles. The number of hydrogen-bond donors (Lipinski definition) is 1. The van der Waals surface area contributed by atoms with Crippen LogP contribution in [0.2, 0.25) is 0 Å². The first-order valence-electron chi connectivity index (χ1n) is 13.2. The predicted octanol–water partition coefficient (Wildman–Crippen LogP) is 3.38. The molecule has 2 saturated heterocycles. The van der Waals surface area contributed by atoms with E-state index in [0.717, 1.165) is 50.5 Å². The van der Waals surface area contributed by atoms with Gasteiger partial charge in [-0.15, -0.1) is 0 Å². The molecule has 0 aromatic heterocycles. The molecule has 2 aliphatic heterocycles. The summed E-state index contributed by atoms with van der Waals surface area (Å²) < 4.78 is 23.3. The van der Waals surface area contributed by atoms with Crippen molar-refractivity contribution in [3.05, 3.63) is 23.8 Å². The number of carbonyl (C=O) groups is 1. The number of piperidine rings is 1. The van der Waals surface area contributed by atoms with Gasteiger partial charge in [-0.3, -0.25) is 4.90 Å². The zero-order valence-corrected chi connectivity index (χ0v) is 24.0. The summed E-state index contributed by atoms with van der Waals surface area (Å²) >= 11 is 0. The fraction of sp³-hybridized carbons (Fsp3) is 0.750. The maximum atomic E-state index is 12.8. The Hall–Kier alpha value is -2.07. The molecule has 3 rings (SSSR count). The van der Waals surface area contributed by atoms with Crippen molar-refractivity contribution >= 4 is 6.09 Å². The van der Waals surface area contributed by atoms with Gasteiger partial charge >= 0.3 is 6.09 Å². The molecule has 0 unspecified atom stereocenters. The normalized spacial score (nSPS) is 24.2. The van der Waals surface area contributed by atoms with Crippen molar-refractivity contribution in [2.75, 3.05) is 61.1 Å². The van der Waals surface area contributed by atoms with E-state index in [-0.39, 0.29) is 18.2 Å². The Morgan fingerprint density at radius 2 is 1.86 bits per heavy atom. The van der Waals surface area contributed by atoms with Crippen molar-refractivity contribution < 1.29 is 28.8 Å². The fourth-order valence-corrected chi connectivity index (χ4v) is 5.03. The average molecular weight is 522 g/mol. The third-order valence-electron chi connectivity index (χ3n) is 7.30. The number of ether oxygens (including phenoxy) is 4. The fourth-order valence-electron chi connectivity index (χ4n) is 5.03. The maximum Gasteiger partial charge on any atom is 0.410 e. The van der Waals surface area contributed by atoms with E-state index in [9.17, 15) is 9.90 Å². The number of hydrogen-bond acceptors (Lipinski definition) is 8. The second-order valence-corrected chi connectivity index (χ2v) is 12.1. The first kappa shape index (κ1) is 29.5. The summed E-state index contributed by atoms with van der Waals surface area (Å²) in [5.74, 6) is 1.50. The molecule has 0 bridgehead atoms. The van der Waals surface area contributed by atoms with E-state index in [2.05, 4.69) is 21.9 Å². The predicted molar refractivity (Wildman–Crippen MR) is 143 cm³/mol. The molecule has 9 nitrogen and oxygen atoms in total. The van der Waals surface area contributed by atoms with Crippen LogP contribution in [0, 0.1) is 0 Å². The number of aliphatic hydroxyl groups is 1. The molecule has 1 aromatic rings. The molecule has 1 amide bonds. The third-order valence-corrected chi connectivity index (χ3v) is 7.30. The van der Waals surface area contributed by atoms with Crippen LogP contribution in [-0.2, 0) is 16.0 Å². The summed E-state index contributed by atoms with van der Waals surface area (Å²) in [6.45, 7) is 11.5. The van der Waals surface area contributed by atoms with E-state index in [1.54, 1.807) is 26.0 Å². The van der Waals surface area contributed by atoms with Gasteiger partial charge in [0.1, 0.15) is 17.8 Å². The summed E-state index contributed by atoms with van der Waals surface area (Å²) in [7, 11) is 7.42. The van der Waals surface area contributed by atoms with Crippen molar-refractivity contribution in [2.45, 2.75) is 76.3 Å². The van der Waals surface area contributed by atoms with Crippen LogP contribution in [0.15, 0.2) is 18.2 Å². The molecular formula is C28H47N3O6. The smallest absolute Gasteiger partial charge is 0.410 e. The number of rotatable bonds is 8. The molecule has 1 aromatic carbocycles. The van der Waals surface area contributed by atoms with Crippen molar-refractivity contribution in [3.63, 3.8) is 0 Å². The molecule has 2 fully saturated rings. The summed E-state index contributed by atoms with van der Waals surface area (Å²) in [6, 6.07) is 5.75. The number of methoxy groups -OCH3 is 1. The molecule has 0 radical (unpaired) electrons. The second kappa shape index (κ2) is 11.8. The largest absolute Gasteiger partial charge is 0.493 e. The molecule has 0 aliphatic carbocycles. The van der Waals surface area contributed by atoms with Crippen LogP contribution >= 0.6 is 0 Å². The van der Waals surface area contributed by atoms with Gasteiger partial charge in [0, 0.05) is 33.2 Å². The monoisotopic (exact) mass is 521 g/mol. The number of amides is 1. The van der Waals surface area contributed by atoms with Gasteiger partial charge in [0.15, 0.2) is 11.5 Å². The Kier molecular flexibility index (Phi) is 9.37. The van der Waals surface area contributed by atoms with E-state index < -0.39 is 17.3 Å². The molecule has 210 valence electrons. The first-order chi connectivity index (χ1) is 17.2. The van der Waals surface area contributed by atoms with E-state index in [1.807, 2.05) is 40.9 Å². The van der Waals surface area contributed by atoms with Crippen LogP contribution in [0.1, 0.15) is 52.5 Å². The standard InChI is InChI=1S/C28H47N3O6/c1-26(2,3)37-25(32)30(7)24-18-28(36-20-27(24,4)33)11-13-31(14-12-28)19-21-9-10-22(23(17-21)34-8)35-16-15-29(5)6/h9-10,17,24,33H,11-16,18-20H2,1-8H3/t24-,27-/m0/s1. The van der Waals surface area contributed by atoms with E-state index in [4.69, 9.17) is 18.9 Å². The molecule has 9 heteroatoms.